The Balaban J connectivity index is 1.86. The minimum atomic E-state index is -0.339. The third-order valence-electron chi connectivity index (χ3n) is 4.85. The summed E-state index contributed by atoms with van der Waals surface area (Å²) in [7, 11) is 0. The molecule has 1 saturated heterocycles. The van der Waals surface area contributed by atoms with Crippen molar-refractivity contribution in [2.45, 2.75) is 97.3 Å². The van der Waals surface area contributed by atoms with Crippen molar-refractivity contribution >= 4 is 11.9 Å². The first-order chi connectivity index (χ1) is 10.7. The van der Waals surface area contributed by atoms with E-state index in [0.29, 0.717) is 0 Å². The highest BCUT2D eigenvalue weighted by atomic mass is 16.6. The summed E-state index contributed by atoms with van der Waals surface area (Å²) < 4.78 is 4.67. The molecule has 0 bridgehead atoms. The van der Waals surface area contributed by atoms with Gasteiger partial charge in [-0.25, -0.2) is 0 Å². The molecule has 2 atom stereocenters. The number of unbranched alkanes of at least 4 members (excludes halogenated alkanes) is 11. The monoisotopic (exact) mass is 310 g/mol. The summed E-state index contributed by atoms with van der Waals surface area (Å²) in [6, 6.07) is 0. The minimum absolute atomic E-state index is 0.185. The third kappa shape index (κ3) is 7.42. The van der Waals surface area contributed by atoms with Crippen molar-refractivity contribution in [1.82, 2.24) is 0 Å². The maximum atomic E-state index is 11.5. The third-order valence-corrected chi connectivity index (χ3v) is 4.85. The van der Waals surface area contributed by atoms with Gasteiger partial charge < -0.3 is 4.74 Å². The fraction of sp³-hybridized carbons (Fsp3) is 0.895. The molecule has 0 amide bonds. The van der Waals surface area contributed by atoms with E-state index in [1.165, 1.54) is 70.6 Å². The zero-order chi connectivity index (χ0) is 16.2. The lowest BCUT2D eigenvalue weighted by Crippen LogP contribution is -2.14. The van der Waals surface area contributed by atoms with E-state index < -0.39 is 0 Å². The number of carbonyl (C=O) groups excluding carboxylic acids is 2. The number of esters is 2. The Morgan fingerprint density at radius 2 is 1.18 bits per heavy atom. The Kier molecular flexibility index (Phi) is 10.2. The van der Waals surface area contributed by atoms with Crippen molar-refractivity contribution in [2.75, 3.05) is 0 Å². The molecule has 1 rings (SSSR count). The lowest BCUT2D eigenvalue weighted by Gasteiger charge is -2.08. The van der Waals surface area contributed by atoms with Gasteiger partial charge in [-0.05, 0) is 6.42 Å². The van der Waals surface area contributed by atoms with Gasteiger partial charge in [0, 0.05) is 0 Å². The molecule has 22 heavy (non-hydrogen) atoms. The van der Waals surface area contributed by atoms with Gasteiger partial charge in [0.15, 0.2) is 0 Å². The van der Waals surface area contributed by atoms with Gasteiger partial charge >= 0.3 is 11.9 Å². The van der Waals surface area contributed by atoms with Crippen LogP contribution in [0.3, 0.4) is 0 Å². The van der Waals surface area contributed by atoms with Gasteiger partial charge in [-0.15, -0.1) is 0 Å². The van der Waals surface area contributed by atoms with Crippen LogP contribution < -0.4 is 0 Å². The van der Waals surface area contributed by atoms with Gasteiger partial charge in [0.1, 0.15) is 0 Å². The van der Waals surface area contributed by atoms with Crippen molar-refractivity contribution in [3.63, 3.8) is 0 Å². The Labute approximate surface area is 136 Å². The van der Waals surface area contributed by atoms with Crippen LogP contribution in [0.15, 0.2) is 0 Å². The highest BCUT2D eigenvalue weighted by molar-refractivity contribution is 5.96. The van der Waals surface area contributed by atoms with E-state index in [9.17, 15) is 9.59 Å². The van der Waals surface area contributed by atoms with E-state index in [0.717, 1.165) is 12.8 Å². The summed E-state index contributed by atoms with van der Waals surface area (Å²) >= 11 is 0. The van der Waals surface area contributed by atoms with Gasteiger partial charge in [-0.2, -0.15) is 0 Å². The molecule has 0 radical (unpaired) electrons. The van der Waals surface area contributed by atoms with Gasteiger partial charge in [0.2, 0.25) is 0 Å². The average Bonchev–Trinajstić information content (AvgIpc) is 2.74. The molecule has 1 fully saturated rings. The van der Waals surface area contributed by atoms with Crippen molar-refractivity contribution < 1.29 is 14.3 Å². The molecule has 0 aromatic heterocycles. The molecule has 0 unspecified atom stereocenters. The number of carbonyl (C=O) groups is 2. The number of rotatable bonds is 13. The SMILES string of the molecule is CCCCCCCCCCCCCC[C@H]1C(=O)OC(=O)[C@H]1C. The average molecular weight is 310 g/mol. The Bertz CT molecular complexity index is 325. The molecule has 0 aromatic carbocycles. The van der Waals surface area contributed by atoms with Crippen LogP contribution in [0.25, 0.3) is 0 Å². The van der Waals surface area contributed by atoms with Crippen molar-refractivity contribution in [1.29, 1.82) is 0 Å². The predicted octanol–water partition coefficient (Wildman–Crippen LogP) is 5.41. The topological polar surface area (TPSA) is 43.4 Å². The zero-order valence-electron chi connectivity index (χ0n) is 14.6. The summed E-state index contributed by atoms with van der Waals surface area (Å²) in [5.74, 6) is -1.06. The maximum absolute atomic E-state index is 11.5. The molecule has 1 heterocycles. The fourth-order valence-corrected chi connectivity index (χ4v) is 3.21. The number of cyclic esters (lactones) is 2. The quantitative estimate of drug-likeness (QED) is 0.259. The summed E-state index contributed by atoms with van der Waals surface area (Å²) in [6.07, 6.45) is 16.6. The van der Waals surface area contributed by atoms with E-state index in [2.05, 4.69) is 11.7 Å². The summed E-state index contributed by atoms with van der Waals surface area (Å²) in [4.78, 5) is 22.8. The van der Waals surface area contributed by atoms with Crippen molar-refractivity contribution in [3.05, 3.63) is 0 Å². The molecular weight excluding hydrogens is 276 g/mol. The molecule has 1 aliphatic heterocycles. The molecule has 128 valence electrons. The van der Waals surface area contributed by atoms with E-state index in [1.807, 2.05) is 0 Å². The largest absolute Gasteiger partial charge is 0.393 e. The molecule has 3 heteroatoms. The van der Waals surface area contributed by atoms with E-state index >= 15 is 0 Å². The molecule has 0 spiro atoms. The second-order valence-electron chi connectivity index (χ2n) is 6.81. The smallest absolute Gasteiger partial charge is 0.317 e. The predicted molar refractivity (Wildman–Crippen MR) is 89.4 cm³/mol. The van der Waals surface area contributed by atoms with Crippen LogP contribution in [0.1, 0.15) is 97.3 Å². The van der Waals surface area contributed by atoms with Crippen LogP contribution in [0.2, 0.25) is 0 Å². The van der Waals surface area contributed by atoms with E-state index in [-0.39, 0.29) is 23.8 Å². The maximum Gasteiger partial charge on any atom is 0.317 e. The second kappa shape index (κ2) is 11.7. The molecule has 0 aromatic rings. The van der Waals surface area contributed by atoms with Crippen LogP contribution in [-0.4, -0.2) is 11.9 Å². The molecule has 3 nitrogen and oxygen atoms in total. The highest BCUT2D eigenvalue weighted by Crippen LogP contribution is 2.28. The van der Waals surface area contributed by atoms with Crippen LogP contribution in [0, 0.1) is 11.8 Å². The molecule has 0 saturated carbocycles. The Morgan fingerprint density at radius 1 is 0.727 bits per heavy atom. The van der Waals surface area contributed by atoms with Gasteiger partial charge in [0.05, 0.1) is 11.8 Å². The van der Waals surface area contributed by atoms with Gasteiger partial charge in [-0.1, -0.05) is 90.9 Å². The second-order valence-corrected chi connectivity index (χ2v) is 6.81. The standard InChI is InChI=1S/C19H34O3/c1-3-4-5-6-7-8-9-10-11-12-13-14-15-17-16(2)18(20)22-19(17)21/h16-17H,3-15H2,1-2H3/t16-,17+/m0/s1. The lowest BCUT2D eigenvalue weighted by molar-refractivity contribution is -0.153. The van der Waals surface area contributed by atoms with Gasteiger partial charge in [-0.3, -0.25) is 9.59 Å². The Morgan fingerprint density at radius 3 is 1.59 bits per heavy atom. The number of hydrogen-bond acceptors (Lipinski definition) is 3. The molecule has 0 N–H and O–H groups in total. The first-order valence-electron chi connectivity index (χ1n) is 9.42. The van der Waals surface area contributed by atoms with Crippen molar-refractivity contribution in [3.8, 4) is 0 Å². The van der Waals surface area contributed by atoms with Gasteiger partial charge in [0.25, 0.3) is 0 Å². The van der Waals surface area contributed by atoms with Crippen molar-refractivity contribution in [2.24, 2.45) is 11.8 Å². The first kappa shape index (κ1) is 19.2. The van der Waals surface area contributed by atoms with E-state index in [1.54, 1.807) is 6.92 Å². The normalized spacial score (nSPS) is 21.4. The number of hydrogen-bond donors (Lipinski definition) is 0. The Hall–Kier alpha value is -0.860. The first-order valence-corrected chi connectivity index (χ1v) is 9.42. The minimum Gasteiger partial charge on any atom is -0.393 e. The fourth-order valence-electron chi connectivity index (χ4n) is 3.21. The summed E-state index contributed by atoms with van der Waals surface area (Å²) in [5, 5.41) is 0. The highest BCUT2D eigenvalue weighted by Gasteiger charge is 2.40. The zero-order valence-corrected chi connectivity index (χ0v) is 14.6. The number of ether oxygens (including phenoxy) is 1. The molecule has 0 aliphatic carbocycles. The summed E-state index contributed by atoms with van der Waals surface area (Å²) in [6.45, 7) is 4.06. The lowest BCUT2D eigenvalue weighted by atomic mass is 9.91. The van der Waals surface area contributed by atoms with Crippen LogP contribution in [0.4, 0.5) is 0 Å². The van der Waals surface area contributed by atoms with Crippen LogP contribution in [-0.2, 0) is 14.3 Å². The summed E-state index contributed by atoms with van der Waals surface area (Å²) in [5.41, 5.74) is 0. The molecule has 1 aliphatic rings. The molecular formula is C19H34O3. The van der Waals surface area contributed by atoms with Crippen LogP contribution >= 0.6 is 0 Å². The van der Waals surface area contributed by atoms with Crippen LogP contribution in [0.5, 0.6) is 0 Å². The van der Waals surface area contributed by atoms with E-state index in [4.69, 9.17) is 0 Å².